The largest absolute Gasteiger partial charge is 0.300 e. The van der Waals surface area contributed by atoms with Crippen molar-refractivity contribution in [3.63, 3.8) is 0 Å². The zero-order valence-electron chi connectivity index (χ0n) is 4.15. The molecule has 0 saturated carbocycles. The van der Waals surface area contributed by atoms with Crippen LogP contribution in [0.4, 0.5) is 0 Å². The van der Waals surface area contributed by atoms with Crippen LogP contribution in [-0.2, 0) is 9.59 Å². The Labute approximate surface area is 60.3 Å². The maximum atomic E-state index is 10.3. The van der Waals surface area contributed by atoms with Crippen molar-refractivity contribution in [2.45, 2.75) is 10.7 Å². The van der Waals surface area contributed by atoms with E-state index in [9.17, 15) is 9.59 Å². The van der Waals surface area contributed by atoms with E-state index in [4.69, 9.17) is 11.6 Å². The van der Waals surface area contributed by atoms with Gasteiger partial charge in [-0.05, 0) is 6.92 Å². The van der Waals surface area contributed by atoms with E-state index in [1.807, 2.05) is 0 Å². The summed E-state index contributed by atoms with van der Waals surface area (Å²) in [6, 6.07) is 0. The van der Waals surface area contributed by atoms with Crippen LogP contribution in [0.5, 0.6) is 0 Å². The number of rotatable bonds is 2. The Kier molecular flexibility index (Phi) is 2.63. The van der Waals surface area contributed by atoms with Gasteiger partial charge in [-0.15, -0.1) is 0 Å². The molecule has 0 N–H and O–H groups in total. The third-order valence-corrected chi connectivity index (χ3v) is 1.72. The Balaban J connectivity index is 4.12. The predicted molar refractivity (Wildman–Crippen MR) is 34.3 cm³/mol. The van der Waals surface area contributed by atoms with Crippen LogP contribution in [0, 0.1) is 0 Å². The number of Topliss-reactive ketones (excluding diaryl/α,β-unsaturated/α-hetero) is 1. The summed E-state index contributed by atoms with van der Waals surface area (Å²) in [6.45, 7) is 1.23. The SMILES string of the molecule is CC(=O)C(Cl)(Br)C=O. The van der Waals surface area contributed by atoms with Crippen molar-refractivity contribution in [3.05, 3.63) is 0 Å². The summed E-state index contributed by atoms with van der Waals surface area (Å²) < 4.78 is -1.49. The average Bonchev–Trinajstić information content (AvgIpc) is 1.67. The van der Waals surface area contributed by atoms with Crippen molar-refractivity contribution < 1.29 is 9.59 Å². The molecule has 0 spiro atoms. The van der Waals surface area contributed by atoms with Crippen molar-refractivity contribution in [1.82, 2.24) is 0 Å². The van der Waals surface area contributed by atoms with Crippen molar-refractivity contribution in [1.29, 1.82) is 0 Å². The van der Waals surface area contributed by atoms with Gasteiger partial charge >= 0.3 is 0 Å². The minimum absolute atomic E-state index is 0.344. The predicted octanol–water partition coefficient (Wildman–Crippen LogP) is 1.10. The summed E-state index contributed by atoms with van der Waals surface area (Å²) in [5.74, 6) is -0.408. The average molecular weight is 199 g/mol. The maximum Gasteiger partial charge on any atom is 0.211 e. The quantitative estimate of drug-likeness (QED) is 0.379. The van der Waals surface area contributed by atoms with E-state index in [1.165, 1.54) is 6.92 Å². The molecule has 0 amide bonds. The number of hydrogen-bond donors (Lipinski definition) is 0. The van der Waals surface area contributed by atoms with E-state index in [2.05, 4.69) is 15.9 Å². The van der Waals surface area contributed by atoms with E-state index in [0.717, 1.165) is 0 Å². The lowest BCUT2D eigenvalue weighted by molar-refractivity contribution is -0.121. The second-order valence-electron chi connectivity index (χ2n) is 1.30. The molecular formula is C4H4BrClO2. The van der Waals surface area contributed by atoms with Gasteiger partial charge < -0.3 is 0 Å². The number of alkyl halides is 2. The highest BCUT2D eigenvalue weighted by Gasteiger charge is 2.27. The summed E-state index contributed by atoms with van der Waals surface area (Å²) in [4.78, 5) is 20.2. The van der Waals surface area contributed by atoms with Gasteiger partial charge in [0, 0.05) is 0 Å². The van der Waals surface area contributed by atoms with E-state index < -0.39 is 9.57 Å². The van der Waals surface area contributed by atoms with E-state index in [0.29, 0.717) is 6.29 Å². The first kappa shape index (κ1) is 8.11. The summed E-state index contributed by atoms with van der Waals surface area (Å²) in [7, 11) is 0. The number of aldehydes is 1. The van der Waals surface area contributed by atoms with Crippen LogP contribution in [0.3, 0.4) is 0 Å². The van der Waals surface area contributed by atoms with Gasteiger partial charge in [-0.3, -0.25) is 9.59 Å². The summed E-state index contributed by atoms with van der Waals surface area (Å²) >= 11 is 7.95. The molecular weight excluding hydrogens is 195 g/mol. The first-order valence-electron chi connectivity index (χ1n) is 1.86. The Bertz CT molecular complexity index is 121. The second kappa shape index (κ2) is 2.60. The molecule has 0 saturated heterocycles. The smallest absolute Gasteiger partial charge is 0.211 e. The number of ketones is 1. The fourth-order valence-corrected chi connectivity index (χ4v) is 0.0830. The molecule has 0 aliphatic carbocycles. The van der Waals surface area contributed by atoms with Crippen LogP contribution >= 0.6 is 27.5 Å². The highest BCUT2D eigenvalue weighted by atomic mass is 79.9. The fourth-order valence-electron chi connectivity index (χ4n) is 0.0830. The van der Waals surface area contributed by atoms with Gasteiger partial charge in [0.1, 0.15) is 0 Å². The van der Waals surface area contributed by atoms with Crippen molar-refractivity contribution in [2.75, 3.05) is 0 Å². The Morgan fingerprint density at radius 3 is 2.25 bits per heavy atom. The minimum atomic E-state index is -1.49. The Morgan fingerprint density at radius 2 is 2.25 bits per heavy atom. The number of hydrogen-bond acceptors (Lipinski definition) is 2. The van der Waals surface area contributed by atoms with E-state index in [1.54, 1.807) is 0 Å². The van der Waals surface area contributed by atoms with Crippen LogP contribution in [-0.4, -0.2) is 15.9 Å². The molecule has 0 aliphatic heterocycles. The summed E-state index contributed by atoms with van der Waals surface area (Å²) in [5, 5.41) is 0. The summed E-state index contributed by atoms with van der Waals surface area (Å²) in [6.07, 6.45) is 0.344. The lowest BCUT2D eigenvalue weighted by Gasteiger charge is -2.03. The molecule has 0 heterocycles. The highest BCUT2D eigenvalue weighted by Crippen LogP contribution is 2.20. The lowest BCUT2D eigenvalue weighted by Crippen LogP contribution is -2.23. The van der Waals surface area contributed by atoms with Crippen LogP contribution in [0.1, 0.15) is 6.92 Å². The van der Waals surface area contributed by atoms with Gasteiger partial charge in [-0.25, -0.2) is 0 Å². The van der Waals surface area contributed by atoms with Crippen molar-refractivity contribution in [2.24, 2.45) is 0 Å². The molecule has 0 aliphatic rings. The van der Waals surface area contributed by atoms with E-state index >= 15 is 0 Å². The molecule has 0 aromatic carbocycles. The zero-order chi connectivity index (χ0) is 6.78. The van der Waals surface area contributed by atoms with E-state index in [-0.39, 0.29) is 0 Å². The molecule has 0 bridgehead atoms. The topological polar surface area (TPSA) is 34.1 Å². The molecule has 1 unspecified atom stereocenters. The van der Waals surface area contributed by atoms with Gasteiger partial charge in [-0.1, -0.05) is 27.5 Å². The lowest BCUT2D eigenvalue weighted by atomic mass is 10.3. The molecule has 8 heavy (non-hydrogen) atoms. The zero-order valence-corrected chi connectivity index (χ0v) is 6.49. The normalized spacial score (nSPS) is 16.9. The second-order valence-corrected chi connectivity index (χ2v) is 3.60. The first-order valence-corrected chi connectivity index (χ1v) is 3.03. The standard InChI is InChI=1S/C4H4BrClO2/c1-3(8)4(5,6)2-7/h2H,1H3. The maximum absolute atomic E-state index is 10.3. The highest BCUT2D eigenvalue weighted by molar-refractivity contribution is 9.11. The van der Waals surface area contributed by atoms with Crippen molar-refractivity contribution in [3.8, 4) is 0 Å². The van der Waals surface area contributed by atoms with Crippen LogP contribution in [0.15, 0.2) is 0 Å². The third-order valence-electron chi connectivity index (χ3n) is 0.617. The molecule has 0 aromatic heterocycles. The van der Waals surface area contributed by atoms with Gasteiger partial charge in [0.25, 0.3) is 0 Å². The molecule has 46 valence electrons. The Morgan fingerprint density at radius 1 is 1.88 bits per heavy atom. The monoisotopic (exact) mass is 198 g/mol. The van der Waals surface area contributed by atoms with Crippen LogP contribution in [0.25, 0.3) is 0 Å². The molecule has 0 fully saturated rings. The van der Waals surface area contributed by atoms with Gasteiger partial charge in [-0.2, -0.15) is 0 Å². The number of carbonyl (C=O) groups excluding carboxylic acids is 2. The fraction of sp³-hybridized carbons (Fsp3) is 0.500. The number of carbonyl (C=O) groups is 2. The van der Waals surface area contributed by atoms with Crippen LogP contribution < -0.4 is 0 Å². The molecule has 0 radical (unpaired) electrons. The number of halogens is 2. The molecule has 1 atom stereocenters. The third kappa shape index (κ3) is 1.92. The van der Waals surface area contributed by atoms with Gasteiger partial charge in [0.15, 0.2) is 12.1 Å². The molecule has 0 rings (SSSR count). The molecule has 2 nitrogen and oxygen atoms in total. The first-order chi connectivity index (χ1) is 3.50. The minimum Gasteiger partial charge on any atom is -0.300 e. The molecule has 4 heteroatoms. The van der Waals surface area contributed by atoms with Crippen molar-refractivity contribution >= 4 is 39.6 Å². The molecule has 0 aromatic rings. The van der Waals surface area contributed by atoms with Gasteiger partial charge in [0.2, 0.25) is 3.78 Å². The van der Waals surface area contributed by atoms with Crippen LogP contribution in [0.2, 0.25) is 0 Å². The summed E-state index contributed by atoms with van der Waals surface area (Å²) in [5.41, 5.74) is 0. The van der Waals surface area contributed by atoms with Gasteiger partial charge in [0.05, 0.1) is 0 Å². The Hall–Kier alpha value is 0.110.